The molecular weight excluding hydrogens is 289 g/mol. The number of hydrogen-bond donors (Lipinski definition) is 1. The molecule has 0 fully saturated rings. The highest BCUT2D eigenvalue weighted by Crippen LogP contribution is 2.17. The number of carbonyl (C=O) groups excluding carboxylic acids is 2. The van der Waals surface area contributed by atoms with Gasteiger partial charge in [0.25, 0.3) is 0 Å². The van der Waals surface area contributed by atoms with E-state index in [-0.39, 0.29) is 28.7 Å². The van der Waals surface area contributed by atoms with Crippen molar-refractivity contribution in [2.75, 3.05) is 14.2 Å². The van der Waals surface area contributed by atoms with Gasteiger partial charge in [-0.2, -0.15) is 0 Å². The van der Waals surface area contributed by atoms with Crippen LogP contribution < -0.4 is 0 Å². The van der Waals surface area contributed by atoms with Crippen molar-refractivity contribution in [3.05, 3.63) is 0 Å². The van der Waals surface area contributed by atoms with Crippen molar-refractivity contribution < 1.29 is 19.1 Å². The molecule has 0 aromatic heterocycles. The second-order valence-corrected chi connectivity index (χ2v) is 4.65. The molecule has 0 aromatic rings. The van der Waals surface area contributed by atoms with Crippen LogP contribution in [0.25, 0.3) is 0 Å². The first-order valence-corrected chi connectivity index (χ1v) is 5.89. The molecule has 76 valence electrons. The third kappa shape index (κ3) is 5.67. The molecule has 0 amide bonds. The van der Waals surface area contributed by atoms with E-state index in [1.54, 1.807) is 0 Å². The van der Waals surface area contributed by atoms with Gasteiger partial charge in [-0.3, -0.25) is 13.2 Å². The summed E-state index contributed by atoms with van der Waals surface area (Å²) in [6, 6.07) is 0. The van der Waals surface area contributed by atoms with Gasteiger partial charge in [0.2, 0.25) is 0 Å². The van der Waals surface area contributed by atoms with Gasteiger partial charge in [-0.15, -0.1) is 0 Å². The van der Waals surface area contributed by atoms with E-state index < -0.39 is 21.0 Å². The van der Waals surface area contributed by atoms with Crippen molar-refractivity contribution in [3.63, 3.8) is 0 Å². The Balaban J connectivity index is 3.96. The van der Waals surface area contributed by atoms with E-state index in [1.807, 2.05) is 0 Å². The van der Waals surface area contributed by atoms with Gasteiger partial charge < -0.3 is 9.47 Å². The molecule has 1 N–H and O–H groups in total. The zero-order valence-corrected chi connectivity index (χ0v) is 9.66. The Kier molecular flexibility index (Phi) is 6.65. The maximum Gasteiger partial charge on any atom is 0.306 e. The number of alkyl halides is 1. The number of rotatable bonds is 5. The fourth-order valence-corrected chi connectivity index (χ4v) is 1.84. The molecule has 6 heteroatoms. The number of hydrogen-bond acceptors (Lipinski definition) is 5. The monoisotopic (exact) mass is 301 g/mol. The average Bonchev–Trinajstić information content (AvgIpc) is 2.16. The number of nitrogens with one attached hydrogen (secondary N) is 1. The van der Waals surface area contributed by atoms with E-state index in [4.69, 9.17) is 3.56 Å². The summed E-state index contributed by atoms with van der Waals surface area (Å²) < 4.78 is 15.9. The van der Waals surface area contributed by atoms with Crippen LogP contribution in [0.15, 0.2) is 0 Å². The van der Waals surface area contributed by atoms with Crippen LogP contribution in [-0.4, -0.2) is 30.1 Å². The van der Waals surface area contributed by atoms with E-state index in [1.165, 1.54) is 14.2 Å². The normalized spacial score (nSPS) is 9.77. The van der Waals surface area contributed by atoms with Crippen molar-refractivity contribution in [2.45, 2.75) is 16.8 Å². The van der Waals surface area contributed by atoms with E-state index >= 15 is 0 Å². The number of methoxy groups -OCH3 is 2. The molecule has 0 aromatic carbocycles. The predicted molar refractivity (Wildman–Crippen MR) is 53.8 cm³/mol. The van der Waals surface area contributed by atoms with Gasteiger partial charge in [-0.1, -0.05) is 0 Å². The van der Waals surface area contributed by atoms with Crippen LogP contribution >= 0.6 is 21.0 Å². The molecule has 0 spiro atoms. The number of carbonyl (C=O) groups is 2. The summed E-state index contributed by atoms with van der Waals surface area (Å²) in [7, 11) is 2.58. The highest BCUT2D eigenvalue weighted by atomic mass is 127. The lowest BCUT2D eigenvalue weighted by Crippen LogP contribution is -2.14. The summed E-state index contributed by atoms with van der Waals surface area (Å²) >= 11 is -0.890. The van der Waals surface area contributed by atoms with Crippen LogP contribution in [0.4, 0.5) is 0 Å². The number of esters is 2. The molecule has 0 saturated carbocycles. The maximum atomic E-state index is 10.8. The molecule has 0 aliphatic heterocycles. The highest BCUT2D eigenvalue weighted by Gasteiger charge is 2.16. The van der Waals surface area contributed by atoms with Crippen molar-refractivity contribution >= 4 is 33.0 Å². The minimum absolute atomic E-state index is 0.141. The summed E-state index contributed by atoms with van der Waals surface area (Å²) in [5.74, 6) is -0.748. The predicted octanol–water partition coefficient (Wildman–Crippen LogP) is 1.21. The minimum atomic E-state index is -0.890. The van der Waals surface area contributed by atoms with Crippen LogP contribution in [0, 0.1) is 3.56 Å². The minimum Gasteiger partial charge on any atom is -0.469 e. The Bertz CT molecular complexity index is 189. The molecule has 0 rings (SSSR count). The molecule has 0 bridgehead atoms. The molecule has 0 aliphatic rings. The Morgan fingerprint density at radius 2 is 1.62 bits per heavy atom. The second-order valence-electron chi connectivity index (χ2n) is 2.27. The molecule has 5 nitrogen and oxygen atoms in total. The summed E-state index contributed by atoms with van der Waals surface area (Å²) in [6.45, 7) is 0. The Morgan fingerprint density at radius 3 is 1.85 bits per heavy atom. The number of halogens is 1. The summed E-state index contributed by atoms with van der Waals surface area (Å²) in [5.41, 5.74) is 0. The SMILES string of the molecule is COC(=O)CC(CC(=O)OC)I=N. The standard InChI is InChI=1S/C7H12INO4/c1-12-6(10)3-5(8-9)4-7(11)13-2/h5,9H,3-4H2,1-2H3. The summed E-state index contributed by atoms with van der Waals surface area (Å²) in [5, 5.41) is 0. The smallest absolute Gasteiger partial charge is 0.306 e. The zero-order valence-electron chi connectivity index (χ0n) is 7.50. The topological polar surface area (TPSA) is 76.5 Å². The van der Waals surface area contributed by atoms with Crippen LogP contribution in [0.2, 0.25) is 0 Å². The van der Waals surface area contributed by atoms with E-state index in [9.17, 15) is 9.59 Å². The van der Waals surface area contributed by atoms with Gasteiger partial charge in [0.15, 0.2) is 0 Å². The van der Waals surface area contributed by atoms with E-state index in [0.29, 0.717) is 0 Å². The van der Waals surface area contributed by atoms with Gasteiger partial charge in [0, 0.05) is 3.92 Å². The van der Waals surface area contributed by atoms with Gasteiger partial charge >= 0.3 is 11.9 Å². The second kappa shape index (κ2) is 6.93. The van der Waals surface area contributed by atoms with Gasteiger partial charge in [0.05, 0.1) is 27.1 Å². The molecule has 13 heavy (non-hydrogen) atoms. The Hall–Kier alpha value is -0.530. The highest BCUT2D eigenvalue weighted by molar-refractivity contribution is 14.1. The molecule has 0 aliphatic carbocycles. The third-order valence-corrected chi connectivity index (χ3v) is 3.15. The average molecular weight is 301 g/mol. The molecule has 0 heterocycles. The fourth-order valence-electron chi connectivity index (χ4n) is 0.678. The largest absolute Gasteiger partial charge is 0.469 e. The molecule has 0 saturated heterocycles. The lowest BCUT2D eigenvalue weighted by Gasteiger charge is -2.06. The lowest BCUT2D eigenvalue weighted by molar-refractivity contribution is -0.142. The van der Waals surface area contributed by atoms with Gasteiger partial charge in [-0.05, 0) is 21.0 Å². The maximum absolute atomic E-state index is 10.8. The Morgan fingerprint density at radius 1 is 1.23 bits per heavy atom. The first-order valence-electron chi connectivity index (χ1n) is 3.56. The van der Waals surface area contributed by atoms with Crippen LogP contribution in [0.5, 0.6) is 0 Å². The quantitative estimate of drug-likeness (QED) is 0.470. The first kappa shape index (κ1) is 12.5. The van der Waals surface area contributed by atoms with Crippen molar-refractivity contribution in [3.8, 4) is 0 Å². The number of ether oxygens (including phenoxy) is 2. The van der Waals surface area contributed by atoms with Crippen LogP contribution in [0.1, 0.15) is 12.8 Å². The van der Waals surface area contributed by atoms with Crippen LogP contribution in [0.3, 0.4) is 0 Å². The van der Waals surface area contributed by atoms with Gasteiger partial charge in [-0.25, -0.2) is 0 Å². The van der Waals surface area contributed by atoms with Crippen molar-refractivity contribution in [1.29, 1.82) is 3.56 Å². The first-order chi connectivity index (χ1) is 6.13. The molecule has 0 radical (unpaired) electrons. The Labute approximate surface area is 86.7 Å². The van der Waals surface area contributed by atoms with E-state index in [0.717, 1.165) is 0 Å². The summed E-state index contributed by atoms with van der Waals surface area (Å²) in [4.78, 5) is 21.6. The zero-order chi connectivity index (χ0) is 10.3. The summed E-state index contributed by atoms with van der Waals surface area (Å²) in [6.07, 6.45) is 0.282. The lowest BCUT2D eigenvalue weighted by atomic mass is 10.2. The van der Waals surface area contributed by atoms with Crippen LogP contribution in [-0.2, 0) is 19.1 Å². The van der Waals surface area contributed by atoms with Crippen molar-refractivity contribution in [1.82, 2.24) is 0 Å². The molecule has 0 unspecified atom stereocenters. The van der Waals surface area contributed by atoms with Crippen molar-refractivity contribution in [2.24, 2.45) is 0 Å². The molecular formula is C7H12INO4. The fraction of sp³-hybridized carbons (Fsp3) is 0.714. The third-order valence-electron chi connectivity index (χ3n) is 1.39. The molecule has 0 atom stereocenters. The van der Waals surface area contributed by atoms with Gasteiger partial charge in [0.1, 0.15) is 0 Å². The van der Waals surface area contributed by atoms with E-state index in [2.05, 4.69) is 9.47 Å².